The van der Waals surface area contributed by atoms with Crippen molar-refractivity contribution in [1.82, 2.24) is 10.2 Å². The predicted octanol–water partition coefficient (Wildman–Crippen LogP) is 0.994. The van der Waals surface area contributed by atoms with Gasteiger partial charge in [0.05, 0.1) is 6.07 Å². The van der Waals surface area contributed by atoms with Crippen LogP contribution in [0.5, 0.6) is 0 Å². The Morgan fingerprint density at radius 1 is 1.69 bits per heavy atom. The van der Waals surface area contributed by atoms with Gasteiger partial charge in [0.2, 0.25) is 5.91 Å². The molecule has 0 radical (unpaired) electrons. The third kappa shape index (κ3) is 2.96. The summed E-state index contributed by atoms with van der Waals surface area (Å²) in [4.78, 5) is 14.1. The fraction of sp³-hybridized carbons (Fsp3) is 0.833. The number of likely N-dealkylation sites (tertiary alicyclic amines) is 1. The Bertz CT molecular complexity index is 297. The Balaban J connectivity index is 2.38. The molecule has 2 unspecified atom stereocenters. The molecule has 0 aromatic rings. The first-order valence-corrected chi connectivity index (χ1v) is 5.90. The van der Waals surface area contributed by atoms with Gasteiger partial charge in [-0.2, -0.15) is 5.26 Å². The van der Waals surface area contributed by atoms with Crippen molar-refractivity contribution in [2.24, 2.45) is 11.3 Å². The number of nitriles is 1. The Morgan fingerprint density at radius 3 is 2.81 bits per heavy atom. The molecule has 1 rings (SSSR count). The molecule has 1 aliphatic heterocycles. The van der Waals surface area contributed by atoms with E-state index in [1.54, 1.807) is 6.92 Å². The molecule has 90 valence electrons. The number of nitrogens with one attached hydrogen (secondary N) is 1. The van der Waals surface area contributed by atoms with Gasteiger partial charge in [0, 0.05) is 13.1 Å². The van der Waals surface area contributed by atoms with E-state index in [1.807, 2.05) is 6.92 Å². The molecular formula is C12H21N3O. The van der Waals surface area contributed by atoms with Gasteiger partial charge < -0.3 is 10.2 Å². The second-order valence-corrected chi connectivity index (χ2v) is 4.92. The Hall–Kier alpha value is -1.08. The summed E-state index contributed by atoms with van der Waals surface area (Å²) in [7, 11) is 2.09. The normalized spacial score (nSPS) is 24.8. The number of carbonyl (C=O) groups excluding carboxylic acids is 1. The summed E-state index contributed by atoms with van der Waals surface area (Å²) in [6.07, 6.45) is 1.69. The van der Waals surface area contributed by atoms with Crippen LogP contribution in [0.4, 0.5) is 0 Å². The standard InChI is InChI=1S/C12H21N3O/c1-4-12(2,9-13)11(16)14-7-10-5-6-15(3)8-10/h10H,4-8H2,1-3H3,(H,14,16). The van der Waals surface area contributed by atoms with Crippen LogP contribution in [0.1, 0.15) is 26.7 Å². The minimum absolute atomic E-state index is 0.132. The van der Waals surface area contributed by atoms with Gasteiger partial charge in [0.25, 0.3) is 0 Å². The van der Waals surface area contributed by atoms with Gasteiger partial charge >= 0.3 is 0 Å². The second-order valence-electron chi connectivity index (χ2n) is 4.92. The van der Waals surface area contributed by atoms with Crippen molar-refractivity contribution >= 4 is 5.91 Å². The molecule has 0 saturated carbocycles. The van der Waals surface area contributed by atoms with Gasteiger partial charge in [0.15, 0.2) is 0 Å². The van der Waals surface area contributed by atoms with Gasteiger partial charge in [0.1, 0.15) is 5.41 Å². The van der Waals surface area contributed by atoms with Gasteiger partial charge in [-0.25, -0.2) is 0 Å². The van der Waals surface area contributed by atoms with Crippen molar-refractivity contribution in [3.63, 3.8) is 0 Å². The van der Waals surface area contributed by atoms with E-state index < -0.39 is 5.41 Å². The Morgan fingerprint density at radius 2 is 2.38 bits per heavy atom. The molecule has 0 spiro atoms. The molecule has 1 aliphatic rings. The first-order valence-electron chi connectivity index (χ1n) is 5.90. The van der Waals surface area contributed by atoms with E-state index >= 15 is 0 Å². The molecular weight excluding hydrogens is 202 g/mol. The quantitative estimate of drug-likeness (QED) is 0.773. The van der Waals surface area contributed by atoms with E-state index in [2.05, 4.69) is 23.3 Å². The molecule has 0 aliphatic carbocycles. The van der Waals surface area contributed by atoms with Gasteiger partial charge in [-0.15, -0.1) is 0 Å². The van der Waals surface area contributed by atoms with E-state index in [4.69, 9.17) is 5.26 Å². The maximum atomic E-state index is 11.8. The SMILES string of the molecule is CCC(C)(C#N)C(=O)NCC1CCN(C)C1. The van der Waals surface area contributed by atoms with Crippen molar-refractivity contribution in [2.75, 3.05) is 26.7 Å². The summed E-state index contributed by atoms with van der Waals surface area (Å²) in [5.74, 6) is 0.404. The summed E-state index contributed by atoms with van der Waals surface area (Å²) in [5, 5.41) is 11.9. The van der Waals surface area contributed by atoms with Crippen LogP contribution in [0, 0.1) is 22.7 Å². The average molecular weight is 223 g/mol. The van der Waals surface area contributed by atoms with Crippen LogP contribution in [-0.2, 0) is 4.79 Å². The topological polar surface area (TPSA) is 56.1 Å². The summed E-state index contributed by atoms with van der Waals surface area (Å²) in [6, 6.07) is 2.09. The largest absolute Gasteiger partial charge is 0.354 e. The third-order valence-corrected chi connectivity index (χ3v) is 3.50. The summed E-state index contributed by atoms with van der Waals surface area (Å²) < 4.78 is 0. The zero-order valence-corrected chi connectivity index (χ0v) is 10.4. The molecule has 16 heavy (non-hydrogen) atoms. The number of amides is 1. The molecule has 1 fully saturated rings. The second kappa shape index (κ2) is 5.31. The minimum atomic E-state index is -0.871. The molecule has 2 atom stereocenters. The molecule has 0 bridgehead atoms. The minimum Gasteiger partial charge on any atom is -0.354 e. The van der Waals surface area contributed by atoms with Crippen LogP contribution in [0.3, 0.4) is 0 Å². The summed E-state index contributed by atoms with van der Waals surface area (Å²) in [6.45, 7) is 6.40. The molecule has 1 amide bonds. The van der Waals surface area contributed by atoms with Crippen molar-refractivity contribution in [3.05, 3.63) is 0 Å². The highest BCUT2D eigenvalue weighted by Crippen LogP contribution is 2.20. The Labute approximate surface area is 97.6 Å². The summed E-state index contributed by atoms with van der Waals surface area (Å²) in [5.41, 5.74) is -0.871. The molecule has 0 aromatic heterocycles. The van der Waals surface area contributed by atoms with Crippen molar-refractivity contribution in [2.45, 2.75) is 26.7 Å². The highest BCUT2D eigenvalue weighted by molar-refractivity contribution is 5.84. The number of hydrogen-bond donors (Lipinski definition) is 1. The highest BCUT2D eigenvalue weighted by Gasteiger charge is 2.31. The highest BCUT2D eigenvalue weighted by atomic mass is 16.2. The first kappa shape index (κ1) is 13.0. The zero-order chi connectivity index (χ0) is 12.2. The van der Waals surface area contributed by atoms with Crippen molar-refractivity contribution in [1.29, 1.82) is 5.26 Å². The van der Waals surface area contributed by atoms with Gasteiger partial charge in [-0.1, -0.05) is 6.92 Å². The number of nitrogens with zero attached hydrogens (tertiary/aromatic N) is 2. The lowest BCUT2D eigenvalue weighted by Gasteiger charge is -2.20. The predicted molar refractivity (Wildman–Crippen MR) is 62.6 cm³/mol. The molecule has 1 heterocycles. The maximum Gasteiger partial charge on any atom is 0.240 e. The average Bonchev–Trinajstić information content (AvgIpc) is 2.70. The van der Waals surface area contributed by atoms with Crippen LogP contribution < -0.4 is 5.32 Å². The van der Waals surface area contributed by atoms with Crippen molar-refractivity contribution < 1.29 is 4.79 Å². The van der Waals surface area contributed by atoms with Gasteiger partial charge in [-0.3, -0.25) is 4.79 Å². The number of carbonyl (C=O) groups is 1. The maximum absolute atomic E-state index is 11.8. The first-order chi connectivity index (χ1) is 7.51. The van der Waals surface area contributed by atoms with E-state index in [1.165, 1.54) is 0 Å². The van der Waals surface area contributed by atoms with Gasteiger partial charge in [-0.05, 0) is 39.3 Å². The molecule has 4 heteroatoms. The Kier molecular flexibility index (Phi) is 4.31. The molecule has 4 nitrogen and oxygen atoms in total. The summed E-state index contributed by atoms with van der Waals surface area (Å²) >= 11 is 0. The smallest absolute Gasteiger partial charge is 0.240 e. The number of hydrogen-bond acceptors (Lipinski definition) is 3. The van der Waals surface area contributed by atoms with E-state index in [0.29, 0.717) is 18.9 Å². The van der Waals surface area contributed by atoms with Crippen LogP contribution in [-0.4, -0.2) is 37.5 Å². The lowest BCUT2D eigenvalue weighted by atomic mass is 9.88. The fourth-order valence-corrected chi connectivity index (χ4v) is 1.92. The van der Waals surface area contributed by atoms with E-state index in [0.717, 1.165) is 19.5 Å². The van der Waals surface area contributed by atoms with E-state index in [9.17, 15) is 4.79 Å². The van der Waals surface area contributed by atoms with Crippen LogP contribution in [0.25, 0.3) is 0 Å². The van der Waals surface area contributed by atoms with Crippen molar-refractivity contribution in [3.8, 4) is 6.07 Å². The monoisotopic (exact) mass is 223 g/mol. The van der Waals surface area contributed by atoms with Crippen LogP contribution >= 0.6 is 0 Å². The van der Waals surface area contributed by atoms with E-state index in [-0.39, 0.29) is 5.91 Å². The van der Waals surface area contributed by atoms with Crippen LogP contribution in [0.15, 0.2) is 0 Å². The fourth-order valence-electron chi connectivity index (χ4n) is 1.92. The molecule has 1 saturated heterocycles. The zero-order valence-electron chi connectivity index (χ0n) is 10.4. The van der Waals surface area contributed by atoms with Crippen LogP contribution in [0.2, 0.25) is 0 Å². The molecule has 0 aromatic carbocycles. The number of rotatable bonds is 4. The third-order valence-electron chi connectivity index (χ3n) is 3.50. The molecule has 1 N–H and O–H groups in total. The lowest BCUT2D eigenvalue weighted by molar-refractivity contribution is -0.127. The lowest BCUT2D eigenvalue weighted by Crippen LogP contribution is -2.40.